The van der Waals surface area contributed by atoms with Crippen molar-refractivity contribution in [2.45, 2.75) is 19.9 Å². The molecule has 0 aliphatic rings. The van der Waals surface area contributed by atoms with Crippen molar-refractivity contribution < 1.29 is 9.47 Å². The highest BCUT2D eigenvalue weighted by Crippen LogP contribution is 2.32. The molecule has 0 aromatic heterocycles. The Hall–Kier alpha value is -1.52. The third kappa shape index (κ3) is 4.48. The van der Waals surface area contributed by atoms with Crippen LogP contribution in [0.1, 0.15) is 18.9 Å². The molecule has 0 aliphatic carbocycles. The molecule has 21 heavy (non-hydrogen) atoms. The van der Waals surface area contributed by atoms with Crippen molar-refractivity contribution >= 4 is 15.9 Å². The molecule has 112 valence electrons. The van der Waals surface area contributed by atoms with Crippen LogP contribution in [-0.2, 0) is 6.54 Å². The second kappa shape index (κ2) is 8.05. The minimum atomic E-state index is 0.712. The summed E-state index contributed by atoms with van der Waals surface area (Å²) < 4.78 is 12.2. The molecule has 0 unspecified atom stereocenters. The standard InChI is InChI=1S/C17H20BrNO2/c1-3-10-19-12-13-8-9-14(11-15(13)18)21-17-7-5-4-6-16(17)20-2/h4-9,11,19H,3,10,12H2,1-2H3. The van der Waals surface area contributed by atoms with E-state index in [0.717, 1.165) is 35.5 Å². The molecule has 2 rings (SSSR count). The molecule has 0 bridgehead atoms. The van der Waals surface area contributed by atoms with Crippen LogP contribution < -0.4 is 14.8 Å². The lowest BCUT2D eigenvalue weighted by molar-refractivity contribution is 0.379. The highest BCUT2D eigenvalue weighted by Gasteiger charge is 2.06. The SMILES string of the molecule is CCCNCc1ccc(Oc2ccccc2OC)cc1Br. The minimum absolute atomic E-state index is 0.712. The number of rotatable bonds is 7. The van der Waals surface area contributed by atoms with Gasteiger partial charge in [-0.25, -0.2) is 0 Å². The molecule has 0 aliphatic heterocycles. The van der Waals surface area contributed by atoms with Gasteiger partial charge in [0.05, 0.1) is 7.11 Å². The van der Waals surface area contributed by atoms with Crippen LogP contribution in [0, 0.1) is 0 Å². The smallest absolute Gasteiger partial charge is 0.169 e. The summed E-state index contributed by atoms with van der Waals surface area (Å²) in [7, 11) is 1.64. The van der Waals surface area contributed by atoms with E-state index in [1.807, 2.05) is 36.4 Å². The molecule has 1 N–H and O–H groups in total. The number of ether oxygens (including phenoxy) is 2. The topological polar surface area (TPSA) is 30.5 Å². The number of nitrogens with one attached hydrogen (secondary N) is 1. The summed E-state index contributed by atoms with van der Waals surface area (Å²) in [5, 5.41) is 3.39. The normalized spacial score (nSPS) is 10.4. The second-order valence-electron chi connectivity index (χ2n) is 4.68. The third-order valence-corrected chi connectivity index (χ3v) is 3.80. The maximum absolute atomic E-state index is 5.89. The summed E-state index contributed by atoms with van der Waals surface area (Å²) in [4.78, 5) is 0. The molecule has 0 amide bonds. The van der Waals surface area contributed by atoms with Gasteiger partial charge < -0.3 is 14.8 Å². The molecule has 0 saturated carbocycles. The van der Waals surface area contributed by atoms with Crippen LogP contribution >= 0.6 is 15.9 Å². The maximum atomic E-state index is 5.89. The third-order valence-electron chi connectivity index (χ3n) is 3.06. The fourth-order valence-corrected chi connectivity index (χ4v) is 2.46. The van der Waals surface area contributed by atoms with Gasteiger partial charge in [0.1, 0.15) is 5.75 Å². The second-order valence-corrected chi connectivity index (χ2v) is 5.54. The van der Waals surface area contributed by atoms with Gasteiger partial charge in [-0.05, 0) is 42.8 Å². The van der Waals surface area contributed by atoms with Gasteiger partial charge in [0.25, 0.3) is 0 Å². The van der Waals surface area contributed by atoms with Gasteiger partial charge in [-0.3, -0.25) is 0 Å². The summed E-state index contributed by atoms with van der Waals surface area (Å²) >= 11 is 3.60. The lowest BCUT2D eigenvalue weighted by Gasteiger charge is -2.12. The van der Waals surface area contributed by atoms with Crippen molar-refractivity contribution in [2.24, 2.45) is 0 Å². The first-order valence-electron chi connectivity index (χ1n) is 7.04. The number of methoxy groups -OCH3 is 1. The van der Waals surface area contributed by atoms with E-state index in [2.05, 4.69) is 34.2 Å². The van der Waals surface area contributed by atoms with E-state index in [1.54, 1.807) is 7.11 Å². The van der Waals surface area contributed by atoms with Crippen LogP contribution in [-0.4, -0.2) is 13.7 Å². The van der Waals surface area contributed by atoms with Gasteiger partial charge in [0, 0.05) is 11.0 Å². The van der Waals surface area contributed by atoms with Crippen LogP contribution in [0.5, 0.6) is 17.2 Å². The van der Waals surface area contributed by atoms with Gasteiger partial charge in [-0.2, -0.15) is 0 Å². The lowest BCUT2D eigenvalue weighted by Crippen LogP contribution is -2.14. The van der Waals surface area contributed by atoms with E-state index >= 15 is 0 Å². The predicted octanol–water partition coefficient (Wildman–Crippen LogP) is 4.75. The average Bonchev–Trinajstić information content (AvgIpc) is 2.50. The Kier molecular flexibility index (Phi) is 6.08. The Labute approximate surface area is 134 Å². The van der Waals surface area contributed by atoms with Crippen LogP contribution in [0.3, 0.4) is 0 Å². The Balaban J connectivity index is 2.09. The molecule has 0 fully saturated rings. The first-order chi connectivity index (χ1) is 10.2. The molecular formula is C17H20BrNO2. The maximum Gasteiger partial charge on any atom is 0.169 e. The predicted molar refractivity (Wildman–Crippen MR) is 89.2 cm³/mol. The summed E-state index contributed by atoms with van der Waals surface area (Å²) in [5.41, 5.74) is 1.22. The first kappa shape index (κ1) is 15.9. The molecule has 0 heterocycles. The molecular weight excluding hydrogens is 330 g/mol. The summed E-state index contributed by atoms with van der Waals surface area (Å²) in [6.45, 7) is 4.03. The number of hydrogen-bond donors (Lipinski definition) is 1. The number of benzene rings is 2. The first-order valence-corrected chi connectivity index (χ1v) is 7.84. The highest BCUT2D eigenvalue weighted by molar-refractivity contribution is 9.10. The van der Waals surface area contributed by atoms with Crippen molar-refractivity contribution in [1.82, 2.24) is 5.32 Å². The van der Waals surface area contributed by atoms with Crippen LogP contribution in [0.25, 0.3) is 0 Å². The largest absolute Gasteiger partial charge is 0.493 e. The minimum Gasteiger partial charge on any atom is -0.493 e. The Bertz CT molecular complexity index is 587. The fraction of sp³-hybridized carbons (Fsp3) is 0.294. The average molecular weight is 350 g/mol. The van der Waals surface area contributed by atoms with E-state index in [1.165, 1.54) is 5.56 Å². The molecule has 0 saturated heterocycles. The molecule has 0 radical (unpaired) electrons. The molecule has 0 atom stereocenters. The summed E-state index contributed by atoms with van der Waals surface area (Å²) in [6, 6.07) is 13.6. The summed E-state index contributed by atoms with van der Waals surface area (Å²) in [5.74, 6) is 2.22. The van der Waals surface area contributed by atoms with Crippen LogP contribution in [0.15, 0.2) is 46.9 Å². The Morgan fingerprint density at radius 2 is 1.86 bits per heavy atom. The van der Waals surface area contributed by atoms with E-state index in [4.69, 9.17) is 9.47 Å². The van der Waals surface area contributed by atoms with Crippen LogP contribution in [0.4, 0.5) is 0 Å². The van der Waals surface area contributed by atoms with Crippen molar-refractivity contribution in [3.05, 3.63) is 52.5 Å². The van der Waals surface area contributed by atoms with Gasteiger partial charge >= 0.3 is 0 Å². The van der Waals surface area contributed by atoms with Gasteiger partial charge in [-0.1, -0.05) is 41.1 Å². The Morgan fingerprint density at radius 3 is 2.52 bits per heavy atom. The van der Waals surface area contributed by atoms with E-state index in [0.29, 0.717) is 5.75 Å². The van der Waals surface area contributed by atoms with Crippen molar-refractivity contribution in [3.63, 3.8) is 0 Å². The highest BCUT2D eigenvalue weighted by atomic mass is 79.9. The van der Waals surface area contributed by atoms with Crippen molar-refractivity contribution in [3.8, 4) is 17.2 Å². The monoisotopic (exact) mass is 349 g/mol. The van der Waals surface area contributed by atoms with Crippen molar-refractivity contribution in [1.29, 1.82) is 0 Å². The van der Waals surface area contributed by atoms with Crippen molar-refractivity contribution in [2.75, 3.05) is 13.7 Å². The zero-order valence-corrected chi connectivity index (χ0v) is 13.9. The van der Waals surface area contributed by atoms with Crippen LogP contribution in [0.2, 0.25) is 0 Å². The number of hydrogen-bond acceptors (Lipinski definition) is 3. The lowest BCUT2D eigenvalue weighted by atomic mass is 10.2. The zero-order chi connectivity index (χ0) is 15.1. The fourth-order valence-electron chi connectivity index (χ4n) is 1.96. The summed E-state index contributed by atoms with van der Waals surface area (Å²) in [6.07, 6.45) is 1.13. The number of para-hydroxylation sites is 2. The van der Waals surface area contributed by atoms with Gasteiger partial charge in [0.2, 0.25) is 0 Å². The molecule has 0 spiro atoms. The molecule has 2 aromatic carbocycles. The van der Waals surface area contributed by atoms with E-state index < -0.39 is 0 Å². The quantitative estimate of drug-likeness (QED) is 0.731. The van der Waals surface area contributed by atoms with Gasteiger partial charge in [0.15, 0.2) is 11.5 Å². The van der Waals surface area contributed by atoms with Gasteiger partial charge in [-0.15, -0.1) is 0 Å². The molecule has 3 nitrogen and oxygen atoms in total. The zero-order valence-electron chi connectivity index (χ0n) is 12.4. The Morgan fingerprint density at radius 1 is 1.10 bits per heavy atom. The van der Waals surface area contributed by atoms with E-state index in [9.17, 15) is 0 Å². The number of halogens is 1. The molecule has 2 aromatic rings. The molecule has 4 heteroatoms. The van der Waals surface area contributed by atoms with E-state index in [-0.39, 0.29) is 0 Å².